The van der Waals surface area contributed by atoms with E-state index in [1.807, 2.05) is 6.07 Å². The fourth-order valence-corrected chi connectivity index (χ4v) is 2.14. The molecule has 1 aromatic rings. The Hall–Kier alpha value is -0.900. The molecule has 0 aliphatic carbocycles. The summed E-state index contributed by atoms with van der Waals surface area (Å²) in [5, 5.41) is 9.05. The Bertz CT molecular complexity index is 289. The van der Waals surface area contributed by atoms with Crippen molar-refractivity contribution in [3.8, 4) is 0 Å². The van der Waals surface area contributed by atoms with Crippen molar-refractivity contribution in [1.82, 2.24) is 10.4 Å². The fraction of sp³-hybridized carbons (Fsp3) is 0.500. The van der Waals surface area contributed by atoms with Crippen LogP contribution in [0.2, 0.25) is 0 Å². The fourth-order valence-electron chi connectivity index (χ4n) is 2.14. The Morgan fingerprint density at radius 2 is 2.07 bits per heavy atom. The molecule has 0 spiro atoms. The quantitative estimate of drug-likeness (QED) is 0.742. The van der Waals surface area contributed by atoms with Gasteiger partial charge in [-0.3, -0.25) is 4.90 Å². The Balaban J connectivity index is 1.97. The van der Waals surface area contributed by atoms with Crippen molar-refractivity contribution in [3.05, 3.63) is 35.9 Å². The third-order valence-electron chi connectivity index (χ3n) is 2.99. The second kappa shape index (κ2) is 5.26. The molecule has 1 aliphatic rings. The molecule has 0 radical (unpaired) electrons. The first-order chi connectivity index (χ1) is 7.40. The van der Waals surface area contributed by atoms with Gasteiger partial charge in [0.15, 0.2) is 0 Å². The molecule has 3 heteroatoms. The maximum Gasteiger partial charge on any atom is 0.0837 e. The molecule has 1 saturated heterocycles. The molecule has 2 rings (SSSR count). The van der Waals surface area contributed by atoms with E-state index in [9.17, 15) is 0 Å². The first kappa shape index (κ1) is 10.6. The number of rotatable bonds is 3. The highest BCUT2D eigenvalue weighted by Crippen LogP contribution is 2.17. The van der Waals surface area contributed by atoms with Crippen molar-refractivity contribution < 1.29 is 5.21 Å². The van der Waals surface area contributed by atoms with Gasteiger partial charge in [-0.15, -0.1) is 0 Å². The number of hydroxylamine groups is 1. The average molecular weight is 206 g/mol. The van der Waals surface area contributed by atoms with Gasteiger partial charge in [0.2, 0.25) is 0 Å². The van der Waals surface area contributed by atoms with E-state index in [0.717, 1.165) is 19.5 Å². The summed E-state index contributed by atoms with van der Waals surface area (Å²) in [6.07, 6.45) is 3.58. The summed E-state index contributed by atoms with van der Waals surface area (Å²) in [6, 6.07) is 10.4. The van der Waals surface area contributed by atoms with E-state index < -0.39 is 0 Å². The van der Waals surface area contributed by atoms with Crippen LogP contribution in [-0.2, 0) is 6.54 Å². The molecule has 3 nitrogen and oxygen atoms in total. The molecule has 0 bridgehead atoms. The van der Waals surface area contributed by atoms with Gasteiger partial charge in [-0.1, -0.05) is 30.3 Å². The van der Waals surface area contributed by atoms with Crippen molar-refractivity contribution in [1.29, 1.82) is 0 Å². The Morgan fingerprint density at radius 1 is 1.27 bits per heavy atom. The summed E-state index contributed by atoms with van der Waals surface area (Å²) in [5.41, 5.74) is 3.71. The summed E-state index contributed by atoms with van der Waals surface area (Å²) in [6.45, 7) is 1.98. The zero-order valence-corrected chi connectivity index (χ0v) is 8.89. The van der Waals surface area contributed by atoms with Gasteiger partial charge in [0.25, 0.3) is 0 Å². The second-order valence-corrected chi connectivity index (χ2v) is 4.10. The SMILES string of the molecule is ONC1CCCCN1Cc1ccccc1. The van der Waals surface area contributed by atoms with Gasteiger partial charge >= 0.3 is 0 Å². The van der Waals surface area contributed by atoms with Crippen molar-refractivity contribution in [2.75, 3.05) is 6.54 Å². The molecule has 1 unspecified atom stereocenters. The largest absolute Gasteiger partial charge is 0.315 e. The van der Waals surface area contributed by atoms with Crippen LogP contribution in [-0.4, -0.2) is 22.8 Å². The smallest absolute Gasteiger partial charge is 0.0837 e. The van der Waals surface area contributed by atoms with Gasteiger partial charge in [-0.25, -0.2) is 0 Å². The second-order valence-electron chi connectivity index (χ2n) is 4.10. The van der Waals surface area contributed by atoms with Crippen LogP contribution in [0, 0.1) is 0 Å². The Kier molecular flexibility index (Phi) is 3.72. The first-order valence-electron chi connectivity index (χ1n) is 5.58. The number of benzene rings is 1. The van der Waals surface area contributed by atoms with E-state index in [1.54, 1.807) is 0 Å². The van der Waals surface area contributed by atoms with Crippen LogP contribution < -0.4 is 5.48 Å². The summed E-state index contributed by atoms with van der Waals surface area (Å²) in [5.74, 6) is 0. The van der Waals surface area contributed by atoms with E-state index in [4.69, 9.17) is 5.21 Å². The molecular weight excluding hydrogens is 188 g/mol. The maximum atomic E-state index is 9.05. The van der Waals surface area contributed by atoms with Crippen molar-refractivity contribution >= 4 is 0 Å². The van der Waals surface area contributed by atoms with Crippen LogP contribution in [0.5, 0.6) is 0 Å². The Morgan fingerprint density at radius 3 is 2.80 bits per heavy atom. The molecule has 0 aromatic heterocycles. The highest BCUT2D eigenvalue weighted by atomic mass is 16.5. The average Bonchev–Trinajstić information content (AvgIpc) is 2.31. The lowest BCUT2D eigenvalue weighted by atomic mass is 10.1. The standard InChI is InChI=1S/C12H18N2O/c15-13-12-8-4-5-9-14(12)10-11-6-2-1-3-7-11/h1-3,6-7,12-13,15H,4-5,8-10H2. The molecule has 0 saturated carbocycles. The van der Waals surface area contributed by atoms with Gasteiger partial charge in [0.1, 0.15) is 0 Å². The minimum Gasteiger partial charge on any atom is -0.315 e. The number of nitrogens with zero attached hydrogens (tertiary/aromatic N) is 1. The van der Waals surface area contributed by atoms with E-state index >= 15 is 0 Å². The first-order valence-corrected chi connectivity index (χ1v) is 5.58. The molecule has 15 heavy (non-hydrogen) atoms. The van der Waals surface area contributed by atoms with Gasteiger partial charge in [0.05, 0.1) is 6.17 Å². The highest BCUT2D eigenvalue weighted by Gasteiger charge is 2.21. The maximum absolute atomic E-state index is 9.05. The number of likely N-dealkylation sites (tertiary alicyclic amines) is 1. The molecule has 2 N–H and O–H groups in total. The van der Waals surface area contributed by atoms with Crippen LogP contribution in [0.25, 0.3) is 0 Å². The van der Waals surface area contributed by atoms with Gasteiger partial charge < -0.3 is 5.21 Å². The van der Waals surface area contributed by atoms with Crippen LogP contribution in [0.4, 0.5) is 0 Å². The third kappa shape index (κ3) is 2.78. The number of nitrogens with one attached hydrogen (secondary N) is 1. The molecule has 82 valence electrons. The van der Waals surface area contributed by atoms with Crippen LogP contribution in [0.1, 0.15) is 24.8 Å². The summed E-state index contributed by atoms with van der Waals surface area (Å²) in [4.78, 5) is 2.29. The molecule has 1 heterocycles. The molecular formula is C12H18N2O. The molecule has 1 aromatic carbocycles. The molecule has 0 amide bonds. The van der Waals surface area contributed by atoms with E-state index in [0.29, 0.717) is 0 Å². The predicted molar refractivity (Wildman–Crippen MR) is 59.4 cm³/mol. The van der Waals surface area contributed by atoms with Gasteiger partial charge in [-0.05, 0) is 24.8 Å². The minimum absolute atomic E-state index is 0.124. The molecule has 1 aliphatic heterocycles. The van der Waals surface area contributed by atoms with E-state index in [2.05, 4.69) is 34.6 Å². The third-order valence-corrected chi connectivity index (χ3v) is 2.99. The summed E-state index contributed by atoms with van der Waals surface area (Å²) >= 11 is 0. The van der Waals surface area contributed by atoms with Crippen molar-refractivity contribution in [2.24, 2.45) is 0 Å². The van der Waals surface area contributed by atoms with Crippen molar-refractivity contribution in [2.45, 2.75) is 32.0 Å². The van der Waals surface area contributed by atoms with Crippen molar-refractivity contribution in [3.63, 3.8) is 0 Å². The summed E-state index contributed by atoms with van der Waals surface area (Å²) in [7, 11) is 0. The summed E-state index contributed by atoms with van der Waals surface area (Å²) < 4.78 is 0. The van der Waals surface area contributed by atoms with E-state index in [-0.39, 0.29) is 6.17 Å². The number of hydrogen-bond acceptors (Lipinski definition) is 3. The topological polar surface area (TPSA) is 35.5 Å². The normalized spacial score (nSPS) is 22.9. The lowest BCUT2D eigenvalue weighted by Crippen LogP contribution is -2.46. The zero-order chi connectivity index (χ0) is 10.5. The van der Waals surface area contributed by atoms with Gasteiger partial charge in [0, 0.05) is 13.1 Å². The van der Waals surface area contributed by atoms with Crippen LogP contribution >= 0.6 is 0 Å². The molecule has 1 fully saturated rings. The van der Waals surface area contributed by atoms with Crippen LogP contribution in [0.3, 0.4) is 0 Å². The van der Waals surface area contributed by atoms with Crippen LogP contribution in [0.15, 0.2) is 30.3 Å². The zero-order valence-electron chi connectivity index (χ0n) is 8.89. The number of piperidine rings is 1. The number of hydrogen-bond donors (Lipinski definition) is 2. The lowest BCUT2D eigenvalue weighted by molar-refractivity contribution is 0.00590. The monoisotopic (exact) mass is 206 g/mol. The minimum atomic E-state index is 0.124. The Labute approximate surface area is 90.7 Å². The lowest BCUT2D eigenvalue weighted by Gasteiger charge is -2.34. The predicted octanol–water partition coefficient (Wildman–Crippen LogP) is 1.98. The highest BCUT2D eigenvalue weighted by molar-refractivity contribution is 5.14. The van der Waals surface area contributed by atoms with E-state index in [1.165, 1.54) is 18.4 Å². The molecule has 1 atom stereocenters. The van der Waals surface area contributed by atoms with Gasteiger partial charge in [-0.2, -0.15) is 5.48 Å².